The van der Waals surface area contributed by atoms with E-state index >= 15 is 0 Å². The number of halogens is 1. The number of anilines is 1. The van der Waals surface area contributed by atoms with Gasteiger partial charge in [0.05, 0.1) is 5.02 Å². The highest BCUT2D eigenvalue weighted by molar-refractivity contribution is 6.35. The quantitative estimate of drug-likeness (QED) is 0.591. The van der Waals surface area contributed by atoms with Gasteiger partial charge < -0.3 is 10.1 Å². The second-order valence-electron chi connectivity index (χ2n) is 6.03. The molecule has 27 heavy (non-hydrogen) atoms. The van der Waals surface area contributed by atoms with Crippen molar-refractivity contribution in [3.05, 3.63) is 65.3 Å². The van der Waals surface area contributed by atoms with Gasteiger partial charge in [-0.15, -0.1) is 0 Å². The van der Waals surface area contributed by atoms with Crippen molar-refractivity contribution in [1.82, 2.24) is 4.98 Å². The Morgan fingerprint density at radius 3 is 2.63 bits per heavy atom. The van der Waals surface area contributed by atoms with Crippen LogP contribution >= 0.6 is 11.6 Å². The Morgan fingerprint density at radius 2 is 1.89 bits per heavy atom. The number of pyridine rings is 1. The number of fused-ring (bicyclic) bond motifs is 1. The maximum atomic E-state index is 12.4. The van der Waals surface area contributed by atoms with Crippen LogP contribution in [0.15, 0.2) is 54.7 Å². The van der Waals surface area contributed by atoms with Crippen molar-refractivity contribution >= 4 is 39.9 Å². The number of ether oxygens (including phenoxy) is 1. The number of hydrogen-bond acceptors (Lipinski definition) is 4. The zero-order valence-electron chi connectivity index (χ0n) is 14.9. The Labute approximate surface area is 162 Å². The second-order valence-corrected chi connectivity index (χ2v) is 6.44. The lowest BCUT2D eigenvalue weighted by atomic mass is 10.1. The molecule has 1 N–H and O–H groups in total. The number of benzene rings is 2. The molecule has 2 aromatic carbocycles. The van der Waals surface area contributed by atoms with Crippen LogP contribution < -0.4 is 10.1 Å². The molecule has 0 radical (unpaired) electrons. The Balaban J connectivity index is 1.66. The van der Waals surface area contributed by atoms with E-state index in [1.54, 1.807) is 48.7 Å². The van der Waals surface area contributed by atoms with Crippen molar-refractivity contribution in [2.24, 2.45) is 0 Å². The van der Waals surface area contributed by atoms with Crippen LogP contribution in [0.3, 0.4) is 0 Å². The molecule has 0 bridgehead atoms. The second kappa shape index (κ2) is 8.64. The summed E-state index contributed by atoms with van der Waals surface area (Å²) in [6.07, 6.45) is 2.91. The summed E-state index contributed by atoms with van der Waals surface area (Å²) in [5.74, 6) is 0.300. The third-order valence-corrected chi connectivity index (χ3v) is 4.34. The highest BCUT2D eigenvalue weighted by atomic mass is 35.5. The lowest BCUT2D eigenvalue weighted by Crippen LogP contribution is -2.13. The van der Waals surface area contributed by atoms with E-state index in [1.807, 2.05) is 13.0 Å². The smallest absolute Gasteiger partial charge is 0.224 e. The molecule has 1 heterocycles. The van der Waals surface area contributed by atoms with Gasteiger partial charge in [0.1, 0.15) is 11.3 Å². The number of nitrogens with zero attached hydrogens (tertiary/aromatic N) is 1. The van der Waals surface area contributed by atoms with Gasteiger partial charge in [-0.1, -0.05) is 18.5 Å². The number of nitrogens with one attached hydrogen (secondary N) is 1. The predicted octanol–water partition coefficient (Wildman–Crippen LogP) is 4.89. The summed E-state index contributed by atoms with van der Waals surface area (Å²) in [5, 5.41) is 4.15. The molecule has 3 aromatic rings. The molecule has 6 heteroatoms. The summed E-state index contributed by atoms with van der Waals surface area (Å²) in [5.41, 5.74) is 1.79. The normalized spacial score (nSPS) is 10.6. The van der Waals surface area contributed by atoms with Gasteiger partial charge in [0.25, 0.3) is 0 Å². The van der Waals surface area contributed by atoms with Gasteiger partial charge in [-0.3, -0.25) is 14.6 Å². The molecular formula is C21H19ClN2O3. The van der Waals surface area contributed by atoms with E-state index in [4.69, 9.17) is 16.3 Å². The highest BCUT2D eigenvalue weighted by Gasteiger charge is 2.11. The van der Waals surface area contributed by atoms with Crippen LogP contribution in [0.5, 0.6) is 5.75 Å². The third kappa shape index (κ3) is 4.63. The molecule has 1 amide bonds. The summed E-state index contributed by atoms with van der Waals surface area (Å²) in [7, 11) is 0. The lowest BCUT2D eigenvalue weighted by Gasteiger charge is -2.09. The number of aromatic nitrogens is 1. The molecule has 0 aliphatic carbocycles. The van der Waals surface area contributed by atoms with Gasteiger partial charge in [-0.25, -0.2) is 0 Å². The minimum Gasteiger partial charge on any atom is -0.483 e. The molecule has 138 valence electrons. The third-order valence-electron chi connectivity index (χ3n) is 4.01. The minimum atomic E-state index is -0.166. The topological polar surface area (TPSA) is 68.3 Å². The predicted molar refractivity (Wildman–Crippen MR) is 107 cm³/mol. The fourth-order valence-corrected chi connectivity index (χ4v) is 2.86. The molecule has 0 aliphatic heterocycles. The maximum absolute atomic E-state index is 12.4. The number of carbonyl (C=O) groups excluding carboxylic acids is 2. The first kappa shape index (κ1) is 18.9. The van der Waals surface area contributed by atoms with Gasteiger partial charge in [-0.2, -0.15) is 0 Å². The summed E-state index contributed by atoms with van der Waals surface area (Å²) in [4.78, 5) is 28.3. The van der Waals surface area contributed by atoms with Crippen LogP contribution in [0.1, 0.15) is 30.1 Å². The average Bonchev–Trinajstić information content (AvgIpc) is 2.68. The van der Waals surface area contributed by atoms with Crippen LogP contribution in [0.2, 0.25) is 5.02 Å². The van der Waals surface area contributed by atoms with Crippen molar-refractivity contribution in [2.45, 2.75) is 19.8 Å². The molecule has 0 spiro atoms. The Bertz CT molecular complexity index is 971. The molecule has 0 saturated carbocycles. The van der Waals surface area contributed by atoms with E-state index < -0.39 is 0 Å². The molecule has 0 saturated heterocycles. The van der Waals surface area contributed by atoms with Crippen LogP contribution in [0, 0.1) is 0 Å². The van der Waals surface area contributed by atoms with Crippen molar-refractivity contribution in [1.29, 1.82) is 0 Å². The Hall–Kier alpha value is -2.92. The van der Waals surface area contributed by atoms with Crippen LogP contribution in [0.4, 0.5) is 5.69 Å². The van der Waals surface area contributed by atoms with E-state index in [9.17, 15) is 9.59 Å². The van der Waals surface area contributed by atoms with Crippen LogP contribution in [-0.4, -0.2) is 23.3 Å². The van der Waals surface area contributed by atoms with E-state index in [2.05, 4.69) is 10.3 Å². The monoisotopic (exact) mass is 382 g/mol. The minimum absolute atomic E-state index is 0.0398. The first-order valence-corrected chi connectivity index (χ1v) is 9.05. The number of carbonyl (C=O) groups is 2. The van der Waals surface area contributed by atoms with Gasteiger partial charge in [0, 0.05) is 29.3 Å². The standard InChI is InChI=1S/C21H19ClN2O3/c1-2-4-20(26)24-15-8-6-14(7-9-15)18(25)13-27-19-11-10-17(22)16-5-3-12-23-21(16)19/h3,5-12H,2,4,13H2,1H3,(H,24,26). The first-order chi connectivity index (χ1) is 13.1. The summed E-state index contributed by atoms with van der Waals surface area (Å²) < 4.78 is 5.68. The SMILES string of the molecule is CCCC(=O)Nc1ccc(C(=O)COc2ccc(Cl)c3cccnc23)cc1. The Morgan fingerprint density at radius 1 is 1.11 bits per heavy atom. The van der Waals surface area contributed by atoms with Crippen molar-refractivity contribution in [3.8, 4) is 5.75 Å². The number of rotatable bonds is 7. The van der Waals surface area contributed by atoms with Gasteiger partial charge in [-0.05, 0) is 55.0 Å². The van der Waals surface area contributed by atoms with Gasteiger partial charge in [0.15, 0.2) is 12.4 Å². The summed E-state index contributed by atoms with van der Waals surface area (Å²) in [6.45, 7) is 1.83. The fraction of sp³-hybridized carbons (Fsp3) is 0.190. The molecule has 5 nitrogen and oxygen atoms in total. The van der Waals surface area contributed by atoms with Crippen molar-refractivity contribution in [3.63, 3.8) is 0 Å². The van der Waals surface area contributed by atoms with E-state index in [0.29, 0.717) is 34.0 Å². The molecule has 0 atom stereocenters. The van der Waals surface area contributed by atoms with Crippen molar-refractivity contribution < 1.29 is 14.3 Å². The van der Waals surface area contributed by atoms with E-state index in [1.165, 1.54) is 0 Å². The molecular weight excluding hydrogens is 364 g/mol. The van der Waals surface area contributed by atoms with E-state index in [-0.39, 0.29) is 18.3 Å². The summed E-state index contributed by atoms with van der Waals surface area (Å²) in [6, 6.07) is 13.8. The van der Waals surface area contributed by atoms with Crippen molar-refractivity contribution in [2.75, 3.05) is 11.9 Å². The van der Waals surface area contributed by atoms with Gasteiger partial charge in [0.2, 0.25) is 5.91 Å². The Kier molecular flexibility index (Phi) is 6.04. The fourth-order valence-electron chi connectivity index (χ4n) is 2.65. The highest BCUT2D eigenvalue weighted by Crippen LogP contribution is 2.29. The number of amides is 1. The zero-order valence-corrected chi connectivity index (χ0v) is 15.6. The number of hydrogen-bond donors (Lipinski definition) is 1. The zero-order chi connectivity index (χ0) is 19.2. The molecule has 1 aromatic heterocycles. The molecule has 0 unspecified atom stereocenters. The van der Waals surface area contributed by atoms with Crippen LogP contribution in [-0.2, 0) is 4.79 Å². The number of Topliss-reactive ketones (excluding diaryl/α,β-unsaturated/α-hetero) is 1. The molecule has 0 aliphatic rings. The number of ketones is 1. The van der Waals surface area contributed by atoms with Crippen LogP contribution in [0.25, 0.3) is 10.9 Å². The lowest BCUT2D eigenvalue weighted by molar-refractivity contribution is -0.116. The summed E-state index contributed by atoms with van der Waals surface area (Å²) >= 11 is 6.17. The molecule has 3 rings (SSSR count). The van der Waals surface area contributed by atoms with Gasteiger partial charge >= 0.3 is 0 Å². The van der Waals surface area contributed by atoms with E-state index in [0.717, 1.165) is 11.8 Å². The first-order valence-electron chi connectivity index (χ1n) is 8.67. The average molecular weight is 383 g/mol. The molecule has 0 fully saturated rings. The largest absolute Gasteiger partial charge is 0.483 e. The maximum Gasteiger partial charge on any atom is 0.224 e.